The van der Waals surface area contributed by atoms with Gasteiger partial charge in [-0.15, -0.1) is 0 Å². The third-order valence-corrected chi connectivity index (χ3v) is 3.56. The van der Waals surface area contributed by atoms with Gasteiger partial charge in [0.1, 0.15) is 6.04 Å². The van der Waals surface area contributed by atoms with Gasteiger partial charge in [-0.2, -0.15) is 0 Å². The predicted molar refractivity (Wildman–Crippen MR) is 82.9 cm³/mol. The van der Waals surface area contributed by atoms with Crippen LogP contribution < -0.4 is 5.32 Å². The van der Waals surface area contributed by atoms with E-state index in [2.05, 4.69) is 17.2 Å². The van der Waals surface area contributed by atoms with E-state index >= 15 is 0 Å². The summed E-state index contributed by atoms with van der Waals surface area (Å²) in [5.74, 6) is 5.49. The second kappa shape index (κ2) is 8.20. The molecule has 22 heavy (non-hydrogen) atoms. The number of benzene rings is 1. The zero-order valence-electron chi connectivity index (χ0n) is 12.7. The van der Waals surface area contributed by atoms with Crippen molar-refractivity contribution >= 4 is 11.9 Å². The van der Waals surface area contributed by atoms with Crippen molar-refractivity contribution in [3.8, 4) is 11.8 Å². The molecule has 0 unspecified atom stereocenters. The molecule has 1 heterocycles. The zero-order valence-corrected chi connectivity index (χ0v) is 12.7. The second-order valence-electron chi connectivity index (χ2n) is 5.10. The van der Waals surface area contributed by atoms with Crippen molar-refractivity contribution in [1.82, 2.24) is 10.2 Å². The molecule has 1 aromatic carbocycles. The number of carbonyl (C=O) groups is 2. The maximum atomic E-state index is 11.9. The number of methoxy groups -OCH3 is 1. The summed E-state index contributed by atoms with van der Waals surface area (Å²) in [6.45, 7) is 1.24. The third kappa shape index (κ3) is 4.61. The Labute approximate surface area is 130 Å². The van der Waals surface area contributed by atoms with Crippen LogP contribution in [0.3, 0.4) is 0 Å². The second-order valence-corrected chi connectivity index (χ2v) is 5.10. The number of carbonyl (C=O) groups excluding carboxylic acids is 2. The van der Waals surface area contributed by atoms with Crippen molar-refractivity contribution in [3.05, 3.63) is 35.9 Å². The molecule has 1 atom stereocenters. The number of hydrogen-bond donors (Lipinski definition) is 1. The molecule has 1 amide bonds. The highest BCUT2D eigenvalue weighted by atomic mass is 16.5. The van der Waals surface area contributed by atoms with Crippen molar-refractivity contribution in [2.45, 2.75) is 18.9 Å². The predicted octanol–water partition coefficient (Wildman–Crippen LogP) is 0.792. The number of ether oxygens (including phenoxy) is 1. The first kappa shape index (κ1) is 16.1. The minimum atomic E-state index is -0.300. The summed E-state index contributed by atoms with van der Waals surface area (Å²) in [6, 6.07) is 9.30. The summed E-state index contributed by atoms with van der Waals surface area (Å²) in [5.41, 5.74) is 0.919. The van der Waals surface area contributed by atoms with E-state index < -0.39 is 0 Å². The molecular formula is C17H20N2O3. The van der Waals surface area contributed by atoms with Crippen molar-refractivity contribution < 1.29 is 14.3 Å². The number of rotatable bonds is 4. The Morgan fingerprint density at radius 2 is 2.14 bits per heavy atom. The fraction of sp³-hybridized carbons (Fsp3) is 0.412. The summed E-state index contributed by atoms with van der Waals surface area (Å²) < 4.78 is 4.76. The van der Waals surface area contributed by atoms with E-state index in [1.165, 1.54) is 7.11 Å². The zero-order chi connectivity index (χ0) is 15.8. The van der Waals surface area contributed by atoms with Crippen LogP contribution in [0.1, 0.15) is 18.4 Å². The number of esters is 1. The van der Waals surface area contributed by atoms with Gasteiger partial charge < -0.3 is 10.1 Å². The Bertz CT molecular complexity index is 575. The van der Waals surface area contributed by atoms with Crippen LogP contribution in [0.5, 0.6) is 0 Å². The van der Waals surface area contributed by atoms with Gasteiger partial charge in [0, 0.05) is 5.56 Å². The molecule has 1 aliphatic heterocycles. The lowest BCUT2D eigenvalue weighted by Crippen LogP contribution is -2.43. The van der Waals surface area contributed by atoms with E-state index in [1.807, 2.05) is 35.2 Å². The quantitative estimate of drug-likeness (QED) is 0.660. The van der Waals surface area contributed by atoms with E-state index in [9.17, 15) is 9.59 Å². The number of nitrogens with zero attached hydrogens (tertiary/aromatic N) is 1. The van der Waals surface area contributed by atoms with Gasteiger partial charge in [0.05, 0.1) is 20.2 Å². The Morgan fingerprint density at radius 1 is 1.36 bits per heavy atom. The number of nitrogens with one attached hydrogen (secondary N) is 1. The fourth-order valence-corrected chi connectivity index (χ4v) is 2.47. The first-order chi connectivity index (χ1) is 10.7. The average Bonchev–Trinajstić information content (AvgIpc) is 3.00. The maximum Gasteiger partial charge on any atom is 0.323 e. The van der Waals surface area contributed by atoms with Crippen LogP contribution in [0.4, 0.5) is 0 Å². The van der Waals surface area contributed by atoms with Crippen molar-refractivity contribution in [1.29, 1.82) is 0 Å². The van der Waals surface area contributed by atoms with Gasteiger partial charge in [0.2, 0.25) is 5.91 Å². The van der Waals surface area contributed by atoms with Crippen molar-refractivity contribution in [2.75, 3.05) is 26.7 Å². The monoisotopic (exact) mass is 300 g/mol. The first-order valence-corrected chi connectivity index (χ1v) is 7.33. The topological polar surface area (TPSA) is 58.6 Å². The third-order valence-electron chi connectivity index (χ3n) is 3.56. The molecule has 1 N–H and O–H groups in total. The number of hydrogen-bond acceptors (Lipinski definition) is 4. The molecule has 116 valence electrons. The Hall–Kier alpha value is -2.32. The number of amides is 1. The largest absolute Gasteiger partial charge is 0.468 e. The highest BCUT2D eigenvalue weighted by Crippen LogP contribution is 2.17. The molecule has 1 aliphatic rings. The first-order valence-electron chi connectivity index (χ1n) is 7.33. The van der Waals surface area contributed by atoms with Crippen molar-refractivity contribution in [2.24, 2.45) is 0 Å². The Kier molecular flexibility index (Phi) is 5.99. The standard InChI is InChI=1S/C17H20N2O3/c1-22-17(21)15-10-6-12-19(15)13-16(20)18-11-5-9-14-7-3-2-4-8-14/h2-4,7-8,15H,6,10-13H2,1H3,(H,18,20)/t15-/m1/s1. The molecule has 0 spiro atoms. The van der Waals surface area contributed by atoms with E-state index in [-0.39, 0.29) is 24.5 Å². The van der Waals surface area contributed by atoms with Crippen LogP contribution in [0.2, 0.25) is 0 Å². The number of likely N-dealkylation sites (tertiary alicyclic amines) is 1. The minimum Gasteiger partial charge on any atom is -0.468 e. The van der Waals surface area contributed by atoms with Gasteiger partial charge >= 0.3 is 5.97 Å². The Morgan fingerprint density at radius 3 is 2.86 bits per heavy atom. The normalized spacial score (nSPS) is 17.4. The van der Waals surface area contributed by atoms with Gasteiger partial charge in [0.15, 0.2) is 0 Å². The molecule has 5 heteroatoms. The van der Waals surface area contributed by atoms with Crippen LogP contribution >= 0.6 is 0 Å². The molecule has 0 saturated carbocycles. The lowest BCUT2D eigenvalue weighted by molar-refractivity contribution is -0.146. The van der Waals surface area contributed by atoms with Gasteiger partial charge in [0.25, 0.3) is 0 Å². The van der Waals surface area contributed by atoms with E-state index in [0.717, 1.165) is 24.9 Å². The van der Waals surface area contributed by atoms with E-state index in [1.54, 1.807) is 0 Å². The van der Waals surface area contributed by atoms with Gasteiger partial charge in [-0.3, -0.25) is 14.5 Å². The molecule has 5 nitrogen and oxygen atoms in total. The highest BCUT2D eigenvalue weighted by Gasteiger charge is 2.32. The summed E-state index contributed by atoms with van der Waals surface area (Å²) in [4.78, 5) is 25.4. The molecule has 0 aliphatic carbocycles. The summed E-state index contributed by atoms with van der Waals surface area (Å²) in [5, 5.41) is 2.75. The molecule has 0 radical (unpaired) electrons. The fourth-order valence-electron chi connectivity index (χ4n) is 2.47. The molecule has 1 saturated heterocycles. The molecule has 1 aromatic rings. The molecule has 2 rings (SSSR count). The van der Waals surface area contributed by atoms with E-state index in [4.69, 9.17) is 4.74 Å². The molecule has 0 bridgehead atoms. The van der Waals surface area contributed by atoms with Gasteiger partial charge in [-0.05, 0) is 31.5 Å². The summed E-state index contributed by atoms with van der Waals surface area (Å²) in [6.07, 6.45) is 1.65. The maximum absolute atomic E-state index is 11.9. The average molecular weight is 300 g/mol. The van der Waals surface area contributed by atoms with Gasteiger partial charge in [-0.25, -0.2) is 0 Å². The van der Waals surface area contributed by atoms with Crippen LogP contribution in [-0.2, 0) is 14.3 Å². The van der Waals surface area contributed by atoms with Crippen LogP contribution in [-0.4, -0.2) is 49.6 Å². The lowest BCUT2D eigenvalue weighted by Gasteiger charge is -2.21. The summed E-state index contributed by atoms with van der Waals surface area (Å²) in [7, 11) is 1.37. The lowest BCUT2D eigenvalue weighted by atomic mass is 10.2. The highest BCUT2D eigenvalue weighted by molar-refractivity contribution is 5.81. The Balaban J connectivity index is 1.76. The van der Waals surface area contributed by atoms with Gasteiger partial charge in [-0.1, -0.05) is 30.0 Å². The van der Waals surface area contributed by atoms with Crippen LogP contribution in [0, 0.1) is 11.8 Å². The van der Waals surface area contributed by atoms with Crippen LogP contribution in [0.15, 0.2) is 30.3 Å². The van der Waals surface area contributed by atoms with E-state index in [0.29, 0.717) is 6.54 Å². The van der Waals surface area contributed by atoms with Crippen LogP contribution in [0.25, 0.3) is 0 Å². The smallest absolute Gasteiger partial charge is 0.323 e. The molecule has 1 fully saturated rings. The molecule has 0 aromatic heterocycles. The van der Waals surface area contributed by atoms with Crippen molar-refractivity contribution in [3.63, 3.8) is 0 Å². The SMILES string of the molecule is COC(=O)[C@H]1CCCN1CC(=O)NCC#Cc1ccccc1. The molecular weight excluding hydrogens is 280 g/mol. The minimum absolute atomic E-state index is 0.127. The summed E-state index contributed by atoms with van der Waals surface area (Å²) >= 11 is 0.